The van der Waals surface area contributed by atoms with Crippen molar-refractivity contribution in [3.05, 3.63) is 81.2 Å². The molecule has 2 aromatic heterocycles. The van der Waals surface area contributed by atoms with Gasteiger partial charge in [-0.05, 0) is 42.5 Å². The van der Waals surface area contributed by atoms with Crippen LogP contribution >= 0.6 is 15.9 Å². The third-order valence-corrected chi connectivity index (χ3v) is 3.82. The number of aromatic nitrogens is 2. The second-order valence-corrected chi connectivity index (χ2v) is 5.79. The van der Waals surface area contributed by atoms with Gasteiger partial charge in [-0.15, -0.1) is 5.11 Å². The summed E-state index contributed by atoms with van der Waals surface area (Å²) in [5.41, 5.74) is 1.93. The van der Waals surface area contributed by atoms with E-state index in [2.05, 4.69) is 31.1 Å². The van der Waals surface area contributed by atoms with E-state index in [1.807, 2.05) is 47.2 Å². The Balaban J connectivity index is 1.72. The average molecular weight is 386 g/mol. The van der Waals surface area contributed by atoms with E-state index in [0.29, 0.717) is 12.4 Å². The van der Waals surface area contributed by atoms with Crippen LogP contribution in [0.2, 0.25) is 0 Å². The molecule has 0 atom stereocenters. The molecule has 2 heterocycles. The quantitative estimate of drug-likeness (QED) is 0.358. The first kappa shape index (κ1) is 16.0. The van der Waals surface area contributed by atoms with Gasteiger partial charge in [0.15, 0.2) is 5.82 Å². The highest BCUT2D eigenvalue weighted by atomic mass is 79.9. The Labute approximate surface area is 146 Å². The fourth-order valence-electron chi connectivity index (χ4n) is 2.12. The first-order valence-electron chi connectivity index (χ1n) is 7.03. The van der Waals surface area contributed by atoms with Crippen LogP contribution in [0.3, 0.4) is 0 Å². The Bertz CT molecular complexity index is 872. The third kappa shape index (κ3) is 3.72. The van der Waals surface area contributed by atoms with Gasteiger partial charge in [-0.25, -0.2) is 4.98 Å². The van der Waals surface area contributed by atoms with Gasteiger partial charge in [0, 0.05) is 28.1 Å². The highest BCUT2D eigenvalue weighted by Crippen LogP contribution is 2.18. The fourth-order valence-corrected chi connectivity index (χ4v) is 2.39. The van der Waals surface area contributed by atoms with Crippen LogP contribution in [0.25, 0.3) is 5.69 Å². The Morgan fingerprint density at radius 2 is 1.96 bits per heavy atom. The molecule has 0 aliphatic rings. The highest BCUT2D eigenvalue weighted by Gasteiger charge is 2.05. The van der Waals surface area contributed by atoms with Gasteiger partial charge in [-0.3, -0.25) is 10.1 Å². The molecule has 3 aromatic rings. The van der Waals surface area contributed by atoms with E-state index in [1.54, 1.807) is 0 Å². The van der Waals surface area contributed by atoms with Gasteiger partial charge in [0.05, 0.1) is 4.92 Å². The van der Waals surface area contributed by atoms with Crippen molar-refractivity contribution in [2.45, 2.75) is 6.54 Å². The maximum absolute atomic E-state index is 10.6. The van der Waals surface area contributed by atoms with Crippen LogP contribution in [0, 0.1) is 10.1 Å². The number of pyridine rings is 1. The van der Waals surface area contributed by atoms with Crippen molar-refractivity contribution in [1.82, 2.24) is 9.55 Å². The number of rotatable bonds is 5. The summed E-state index contributed by atoms with van der Waals surface area (Å²) in [6.07, 6.45) is 3.12. The molecule has 0 bridgehead atoms. The lowest BCUT2D eigenvalue weighted by molar-refractivity contribution is -0.385. The smallest absolute Gasteiger partial charge is 0.287 e. The summed E-state index contributed by atoms with van der Waals surface area (Å²) in [6.45, 7) is 0.377. The maximum atomic E-state index is 10.6. The van der Waals surface area contributed by atoms with Crippen LogP contribution in [0.1, 0.15) is 5.69 Å². The molecule has 0 amide bonds. The number of hydrogen-bond acceptors (Lipinski definition) is 5. The molecule has 3 rings (SSSR count). The molecule has 0 aliphatic heterocycles. The Kier molecular flexibility index (Phi) is 4.76. The van der Waals surface area contributed by atoms with Crippen LogP contribution < -0.4 is 0 Å². The number of hydrogen-bond donors (Lipinski definition) is 0. The van der Waals surface area contributed by atoms with E-state index in [0.717, 1.165) is 15.9 Å². The van der Waals surface area contributed by atoms with Gasteiger partial charge in [0.1, 0.15) is 12.7 Å². The van der Waals surface area contributed by atoms with Crippen LogP contribution in [0.15, 0.2) is 75.6 Å². The van der Waals surface area contributed by atoms with Gasteiger partial charge in [0.25, 0.3) is 5.69 Å². The molecule has 0 spiro atoms. The molecule has 120 valence electrons. The van der Waals surface area contributed by atoms with Gasteiger partial charge >= 0.3 is 0 Å². The molecule has 0 saturated carbocycles. The molecule has 0 fully saturated rings. The molecular formula is C16H12BrN5O2. The molecule has 0 N–H and O–H groups in total. The van der Waals surface area contributed by atoms with Crippen molar-refractivity contribution in [1.29, 1.82) is 0 Å². The predicted octanol–water partition coefficient (Wildman–Crippen LogP) is 4.83. The first-order valence-corrected chi connectivity index (χ1v) is 7.83. The van der Waals surface area contributed by atoms with Crippen molar-refractivity contribution in [3.8, 4) is 5.69 Å². The minimum atomic E-state index is -0.501. The summed E-state index contributed by atoms with van der Waals surface area (Å²) in [7, 11) is 0. The molecule has 1 aromatic carbocycles. The Morgan fingerprint density at radius 3 is 2.62 bits per heavy atom. The maximum Gasteiger partial charge on any atom is 0.287 e. The molecular weight excluding hydrogens is 374 g/mol. The number of nitrogens with zero attached hydrogens (tertiary/aromatic N) is 5. The molecule has 0 unspecified atom stereocenters. The van der Waals surface area contributed by atoms with Crippen molar-refractivity contribution in [3.63, 3.8) is 0 Å². The second kappa shape index (κ2) is 7.14. The van der Waals surface area contributed by atoms with Crippen molar-refractivity contribution >= 4 is 27.4 Å². The van der Waals surface area contributed by atoms with Gasteiger partial charge in [0.2, 0.25) is 0 Å². The zero-order chi connectivity index (χ0) is 16.9. The van der Waals surface area contributed by atoms with Crippen molar-refractivity contribution in [2.75, 3.05) is 0 Å². The van der Waals surface area contributed by atoms with Crippen LogP contribution in [-0.4, -0.2) is 14.5 Å². The monoisotopic (exact) mass is 385 g/mol. The number of benzene rings is 1. The lowest BCUT2D eigenvalue weighted by Gasteiger charge is -2.07. The van der Waals surface area contributed by atoms with Crippen LogP contribution in [0.5, 0.6) is 0 Å². The van der Waals surface area contributed by atoms with E-state index in [1.165, 1.54) is 18.3 Å². The predicted molar refractivity (Wildman–Crippen MR) is 92.6 cm³/mol. The molecule has 0 radical (unpaired) electrons. The Morgan fingerprint density at radius 1 is 1.17 bits per heavy atom. The fraction of sp³-hybridized carbons (Fsp3) is 0.0625. The summed E-state index contributed by atoms with van der Waals surface area (Å²) in [5, 5.41) is 18.7. The lowest BCUT2D eigenvalue weighted by Crippen LogP contribution is -1.97. The minimum absolute atomic E-state index is 0.0712. The van der Waals surface area contributed by atoms with Crippen molar-refractivity contribution in [2.24, 2.45) is 10.2 Å². The van der Waals surface area contributed by atoms with Crippen LogP contribution in [-0.2, 0) is 6.54 Å². The molecule has 0 saturated heterocycles. The summed E-state index contributed by atoms with van der Waals surface area (Å²) in [4.78, 5) is 14.0. The summed E-state index contributed by atoms with van der Waals surface area (Å²) in [6, 6.07) is 14.7. The molecule has 7 nitrogen and oxygen atoms in total. The van der Waals surface area contributed by atoms with Crippen molar-refractivity contribution < 1.29 is 4.92 Å². The summed E-state index contributed by atoms with van der Waals surface area (Å²) in [5.74, 6) is 0.336. The average Bonchev–Trinajstić information content (AvgIpc) is 3.04. The minimum Gasteiger partial charge on any atom is -0.319 e. The number of azo groups is 1. The van der Waals surface area contributed by atoms with E-state index in [-0.39, 0.29) is 5.69 Å². The second-order valence-electron chi connectivity index (χ2n) is 4.88. The standard InChI is InChI=1S/C16H12BrN5O2/c17-12-3-5-13(6-4-12)21-9-1-2-14(21)11-19-20-16-8-7-15(10-18-16)22(23)24/h1-10H,11H2. The van der Waals surface area contributed by atoms with Crippen LogP contribution in [0.4, 0.5) is 11.5 Å². The molecule has 8 heteroatoms. The third-order valence-electron chi connectivity index (χ3n) is 3.29. The van der Waals surface area contributed by atoms with Gasteiger partial charge in [-0.2, -0.15) is 5.11 Å². The topological polar surface area (TPSA) is 85.7 Å². The van der Waals surface area contributed by atoms with Gasteiger partial charge in [-0.1, -0.05) is 15.9 Å². The zero-order valence-corrected chi connectivity index (χ0v) is 14.0. The molecule has 24 heavy (non-hydrogen) atoms. The summed E-state index contributed by atoms with van der Waals surface area (Å²) >= 11 is 3.42. The largest absolute Gasteiger partial charge is 0.319 e. The Hall–Kier alpha value is -2.87. The van der Waals surface area contributed by atoms with Gasteiger partial charge < -0.3 is 4.57 Å². The zero-order valence-electron chi connectivity index (χ0n) is 12.4. The van der Waals surface area contributed by atoms with E-state index in [4.69, 9.17) is 0 Å². The number of nitro groups is 1. The number of halogens is 1. The summed E-state index contributed by atoms with van der Waals surface area (Å²) < 4.78 is 3.04. The SMILES string of the molecule is O=[N+]([O-])c1ccc(N=NCc2cccn2-c2ccc(Br)cc2)nc1. The van der Waals surface area contributed by atoms with E-state index >= 15 is 0 Å². The first-order chi connectivity index (χ1) is 11.6. The van der Waals surface area contributed by atoms with E-state index in [9.17, 15) is 10.1 Å². The van der Waals surface area contributed by atoms with E-state index < -0.39 is 4.92 Å². The highest BCUT2D eigenvalue weighted by molar-refractivity contribution is 9.10. The molecule has 0 aliphatic carbocycles. The normalized spacial score (nSPS) is 11.0. The lowest BCUT2D eigenvalue weighted by atomic mass is 10.3.